The number of aliphatic hydroxyl groups excluding tert-OH is 1. The fraction of sp³-hybridized carbons (Fsp3) is 0.395. The van der Waals surface area contributed by atoms with E-state index in [2.05, 4.69) is 79.3 Å². The molecule has 1 aliphatic carbocycles. The van der Waals surface area contributed by atoms with Gasteiger partial charge in [-0.2, -0.15) is 0 Å². The number of aliphatic hydroxyl groups is 1. The molecule has 2 unspecified atom stereocenters. The molecule has 0 aromatic heterocycles. The molecule has 0 bridgehead atoms. The van der Waals surface area contributed by atoms with Gasteiger partial charge in [-0.25, -0.2) is 0 Å². The van der Waals surface area contributed by atoms with Gasteiger partial charge in [0.2, 0.25) is 5.91 Å². The molecule has 6 heteroatoms. The van der Waals surface area contributed by atoms with E-state index in [-0.39, 0.29) is 30.1 Å². The Balaban J connectivity index is 0.00000259. The summed E-state index contributed by atoms with van der Waals surface area (Å²) in [6, 6.07) is 22.8. The van der Waals surface area contributed by atoms with E-state index in [1.165, 1.54) is 25.5 Å². The van der Waals surface area contributed by atoms with Gasteiger partial charge in [0.15, 0.2) is 0 Å². The monoisotopic (exact) mass is 597 g/mol. The summed E-state index contributed by atoms with van der Waals surface area (Å²) in [5, 5.41) is 26.7. The molecule has 3 aromatic rings. The quantitative estimate of drug-likeness (QED) is 0.108. The van der Waals surface area contributed by atoms with Crippen LogP contribution in [0.15, 0.2) is 91.0 Å². The number of rotatable bonds is 12. The molecule has 1 aliphatic rings. The number of phenols is 1. The zero-order valence-electron chi connectivity index (χ0n) is 26.7. The second kappa shape index (κ2) is 18.1. The summed E-state index contributed by atoms with van der Waals surface area (Å²) >= 11 is 0. The number of benzene rings is 3. The molecule has 0 heterocycles. The molecule has 1 amide bonds. The lowest BCUT2D eigenvalue weighted by molar-refractivity contribution is -0.125. The first-order chi connectivity index (χ1) is 21.4. The Kier molecular flexibility index (Phi) is 14.2. The molecule has 0 saturated heterocycles. The van der Waals surface area contributed by atoms with Crippen molar-refractivity contribution in [2.45, 2.75) is 77.3 Å². The van der Waals surface area contributed by atoms with Crippen LogP contribution in [0.5, 0.6) is 5.75 Å². The number of phenolic OH excluding ortho intramolecular Hbond substituents is 1. The van der Waals surface area contributed by atoms with Crippen molar-refractivity contribution < 1.29 is 15.0 Å². The van der Waals surface area contributed by atoms with Crippen LogP contribution < -0.4 is 16.4 Å². The van der Waals surface area contributed by atoms with E-state index in [1.54, 1.807) is 18.2 Å². The molecule has 2 atom stereocenters. The molecule has 0 aliphatic heterocycles. The highest BCUT2D eigenvalue weighted by atomic mass is 16.3. The highest BCUT2D eigenvalue weighted by molar-refractivity contribution is 5.85. The maximum absolute atomic E-state index is 13.9. The number of allylic oxidation sites excluding steroid dienone is 3. The topological polar surface area (TPSA) is 108 Å². The predicted octanol–water partition coefficient (Wildman–Crippen LogP) is 7.85. The summed E-state index contributed by atoms with van der Waals surface area (Å²) in [5.74, 6) is -0.00605. The van der Waals surface area contributed by atoms with Crippen LogP contribution >= 0.6 is 0 Å². The van der Waals surface area contributed by atoms with Gasteiger partial charge in [-0.3, -0.25) is 4.79 Å². The molecule has 4 rings (SSSR count). The fourth-order valence-corrected chi connectivity index (χ4v) is 6.10. The zero-order chi connectivity index (χ0) is 31.9. The van der Waals surface area contributed by atoms with Crippen LogP contribution in [0.4, 0.5) is 5.69 Å². The number of hydrogen-bond acceptors (Lipinski definition) is 5. The number of carbonyl (C=O) groups is 1. The van der Waals surface area contributed by atoms with E-state index in [0.717, 1.165) is 60.1 Å². The first kappa shape index (κ1) is 34.6. The van der Waals surface area contributed by atoms with Crippen LogP contribution in [-0.4, -0.2) is 29.8 Å². The van der Waals surface area contributed by atoms with Crippen molar-refractivity contribution in [3.8, 4) is 5.75 Å². The van der Waals surface area contributed by atoms with Gasteiger partial charge in [0.25, 0.3) is 0 Å². The molecule has 0 radical (unpaired) electrons. The average Bonchev–Trinajstić information content (AvgIpc) is 3.33. The van der Waals surface area contributed by atoms with Crippen LogP contribution in [0.3, 0.4) is 0 Å². The third-order valence-corrected chi connectivity index (χ3v) is 8.49. The van der Waals surface area contributed by atoms with Crippen molar-refractivity contribution in [3.05, 3.63) is 113 Å². The normalized spacial score (nSPS) is 15.2. The Morgan fingerprint density at radius 3 is 2.30 bits per heavy atom. The van der Waals surface area contributed by atoms with Crippen molar-refractivity contribution in [1.29, 1.82) is 0 Å². The fourth-order valence-electron chi connectivity index (χ4n) is 6.10. The van der Waals surface area contributed by atoms with Gasteiger partial charge in [-0.15, -0.1) is 0 Å². The van der Waals surface area contributed by atoms with E-state index in [1.807, 2.05) is 18.2 Å². The van der Waals surface area contributed by atoms with Gasteiger partial charge in [0, 0.05) is 17.8 Å². The second-order valence-electron chi connectivity index (χ2n) is 11.5. The van der Waals surface area contributed by atoms with Crippen LogP contribution in [0.25, 0.3) is 5.57 Å². The third kappa shape index (κ3) is 9.57. The second-order valence-corrected chi connectivity index (χ2v) is 11.5. The molecule has 3 aromatic carbocycles. The Bertz CT molecular complexity index is 1360. The minimum atomic E-state index is -0.577. The molecule has 1 fully saturated rings. The van der Waals surface area contributed by atoms with Gasteiger partial charge >= 0.3 is 0 Å². The Labute approximate surface area is 264 Å². The first-order valence-corrected chi connectivity index (χ1v) is 16.0. The summed E-state index contributed by atoms with van der Waals surface area (Å²) < 4.78 is 0. The highest BCUT2D eigenvalue weighted by Crippen LogP contribution is 2.36. The number of para-hydroxylation sites is 1. The van der Waals surface area contributed by atoms with Gasteiger partial charge in [0.05, 0.1) is 18.6 Å². The Morgan fingerprint density at radius 1 is 0.977 bits per heavy atom. The van der Waals surface area contributed by atoms with E-state index >= 15 is 0 Å². The molecule has 44 heavy (non-hydrogen) atoms. The largest absolute Gasteiger partial charge is 0.508 e. The predicted molar refractivity (Wildman–Crippen MR) is 183 cm³/mol. The molecule has 6 N–H and O–H groups in total. The summed E-state index contributed by atoms with van der Waals surface area (Å²) in [6.45, 7) is 8.99. The Morgan fingerprint density at radius 2 is 1.66 bits per heavy atom. The number of nitrogens with one attached hydrogen (secondary N) is 2. The highest BCUT2D eigenvalue weighted by Gasteiger charge is 2.32. The minimum Gasteiger partial charge on any atom is -0.508 e. The molecule has 236 valence electrons. The van der Waals surface area contributed by atoms with Crippen LogP contribution in [0, 0.1) is 5.92 Å². The standard InChI is InChI=1S/C37H46N2O3.CH5N/c1-4-12-26(2)27(3)33-17-9-10-18-34(33)38-24-28-19-21-30(22-20-28)36(29-13-7-5-6-8-14-29)37(42)39-35(25-40)31-15-11-16-32(41)23-31;1-2/h9-12,15-23,29,35-36,38,40-41H,3-8,13-14,24-25H2,1-2H3,(H,39,42);2H2,1H3/b26-12-;. The molecule has 0 spiro atoms. The lowest BCUT2D eigenvalue weighted by Gasteiger charge is -2.28. The lowest BCUT2D eigenvalue weighted by Crippen LogP contribution is -2.37. The van der Waals surface area contributed by atoms with Gasteiger partial charge in [-0.1, -0.05) is 99.9 Å². The van der Waals surface area contributed by atoms with Gasteiger partial charge in [0.1, 0.15) is 5.75 Å². The maximum Gasteiger partial charge on any atom is 0.228 e. The van der Waals surface area contributed by atoms with E-state index in [4.69, 9.17) is 0 Å². The van der Waals surface area contributed by atoms with Crippen LogP contribution in [0.1, 0.15) is 93.0 Å². The van der Waals surface area contributed by atoms with Crippen molar-refractivity contribution >= 4 is 17.2 Å². The molecule has 1 saturated carbocycles. The number of carbonyl (C=O) groups excluding carboxylic acids is 1. The number of anilines is 1. The van der Waals surface area contributed by atoms with Gasteiger partial charge < -0.3 is 26.6 Å². The minimum absolute atomic E-state index is 0.0712. The van der Waals surface area contributed by atoms with E-state index < -0.39 is 6.04 Å². The van der Waals surface area contributed by atoms with Crippen molar-refractivity contribution in [3.63, 3.8) is 0 Å². The number of aromatic hydroxyl groups is 1. The summed E-state index contributed by atoms with van der Waals surface area (Å²) in [4.78, 5) is 13.9. The molecular weight excluding hydrogens is 546 g/mol. The lowest BCUT2D eigenvalue weighted by atomic mass is 9.80. The number of hydrogen-bond donors (Lipinski definition) is 5. The van der Waals surface area contributed by atoms with Crippen LogP contribution in [-0.2, 0) is 11.3 Å². The first-order valence-electron chi connectivity index (χ1n) is 16.0. The van der Waals surface area contributed by atoms with Crippen molar-refractivity contribution in [2.75, 3.05) is 19.0 Å². The van der Waals surface area contributed by atoms with E-state index in [0.29, 0.717) is 12.1 Å². The number of nitrogens with two attached hydrogens (primary N) is 1. The molecular formula is C38H51N3O3. The van der Waals surface area contributed by atoms with Crippen molar-refractivity contribution in [1.82, 2.24) is 5.32 Å². The summed E-state index contributed by atoms with van der Waals surface area (Å²) in [5.41, 5.74) is 11.7. The summed E-state index contributed by atoms with van der Waals surface area (Å²) in [6.07, 6.45) is 9.88. The Hall–Kier alpha value is -3.87. The average molecular weight is 598 g/mol. The maximum atomic E-state index is 13.9. The van der Waals surface area contributed by atoms with Crippen molar-refractivity contribution in [2.24, 2.45) is 11.7 Å². The molecule has 6 nitrogen and oxygen atoms in total. The van der Waals surface area contributed by atoms with Crippen LogP contribution in [0.2, 0.25) is 0 Å². The number of amides is 1. The SMILES string of the molecule is C=C(/C(C)=C\CC)c1ccccc1NCc1ccc(C(C(=O)NC(CO)c2cccc(O)c2)C2CCCCCC2)cc1.CN. The third-order valence-electron chi connectivity index (χ3n) is 8.49. The smallest absolute Gasteiger partial charge is 0.228 e. The van der Waals surface area contributed by atoms with Gasteiger partial charge in [-0.05, 0) is 85.2 Å². The summed E-state index contributed by atoms with van der Waals surface area (Å²) in [7, 11) is 1.50. The van der Waals surface area contributed by atoms with E-state index in [9.17, 15) is 15.0 Å². The zero-order valence-corrected chi connectivity index (χ0v) is 26.7.